The number of nitrogens with two attached hydrogens (primary N) is 1. The third kappa shape index (κ3) is 2.68. The molecule has 1 aliphatic rings. The second kappa shape index (κ2) is 5.62. The van der Waals surface area contributed by atoms with Crippen molar-refractivity contribution in [2.24, 2.45) is 5.84 Å². The second-order valence-electron chi connectivity index (χ2n) is 4.69. The largest absolute Gasteiger partial charge is 0.373 e. The second-order valence-corrected chi connectivity index (χ2v) is 4.69. The summed E-state index contributed by atoms with van der Waals surface area (Å²) in [6, 6.07) is 2.06. The molecule has 1 aliphatic heterocycles. The molecule has 5 nitrogen and oxygen atoms in total. The molecule has 3 N–H and O–H groups in total. The van der Waals surface area contributed by atoms with E-state index in [-0.39, 0.29) is 12.1 Å². The van der Waals surface area contributed by atoms with Crippen LogP contribution in [0.15, 0.2) is 12.3 Å². The summed E-state index contributed by atoms with van der Waals surface area (Å²) in [6.07, 6.45) is 5.53. The molecule has 3 unspecified atom stereocenters. The summed E-state index contributed by atoms with van der Waals surface area (Å²) >= 11 is 0. The molecule has 1 saturated heterocycles. The highest BCUT2D eigenvalue weighted by atomic mass is 16.5. The maximum atomic E-state index is 5.89. The van der Waals surface area contributed by atoms with Crippen LogP contribution in [0, 0.1) is 0 Å². The Bertz CT molecular complexity index is 352. The van der Waals surface area contributed by atoms with Gasteiger partial charge in [-0.2, -0.15) is 5.10 Å². The van der Waals surface area contributed by atoms with Crippen molar-refractivity contribution in [3.63, 3.8) is 0 Å². The molecule has 0 spiro atoms. The van der Waals surface area contributed by atoms with Gasteiger partial charge in [0.15, 0.2) is 0 Å². The van der Waals surface area contributed by atoms with E-state index in [0.717, 1.165) is 31.5 Å². The van der Waals surface area contributed by atoms with Gasteiger partial charge >= 0.3 is 0 Å². The number of nitrogens with zero attached hydrogens (tertiary/aromatic N) is 2. The fourth-order valence-electron chi connectivity index (χ4n) is 2.47. The van der Waals surface area contributed by atoms with Crippen LogP contribution in [0.4, 0.5) is 0 Å². The third-order valence-corrected chi connectivity index (χ3v) is 3.32. The summed E-state index contributed by atoms with van der Waals surface area (Å²) < 4.78 is 7.90. The highest BCUT2D eigenvalue weighted by molar-refractivity contribution is 5.09. The van der Waals surface area contributed by atoms with Gasteiger partial charge in [0.1, 0.15) is 0 Å². The Balaban J connectivity index is 2.14. The molecule has 96 valence electrons. The molecule has 3 atom stereocenters. The van der Waals surface area contributed by atoms with Gasteiger partial charge in [0.2, 0.25) is 0 Å². The summed E-state index contributed by atoms with van der Waals surface area (Å²) in [5.74, 6) is 5.68. The Morgan fingerprint density at radius 3 is 3.06 bits per heavy atom. The summed E-state index contributed by atoms with van der Waals surface area (Å²) in [5, 5.41) is 4.33. The number of hydrogen-bond donors (Lipinski definition) is 2. The first-order valence-electron chi connectivity index (χ1n) is 6.39. The number of rotatable bonds is 5. The summed E-state index contributed by atoms with van der Waals surface area (Å²) in [4.78, 5) is 0. The van der Waals surface area contributed by atoms with E-state index in [1.165, 1.54) is 0 Å². The zero-order valence-electron chi connectivity index (χ0n) is 10.6. The zero-order valence-corrected chi connectivity index (χ0v) is 10.6. The van der Waals surface area contributed by atoms with Crippen molar-refractivity contribution < 1.29 is 4.74 Å². The van der Waals surface area contributed by atoms with E-state index in [1.807, 2.05) is 16.9 Å². The van der Waals surface area contributed by atoms with Gasteiger partial charge < -0.3 is 4.74 Å². The van der Waals surface area contributed by atoms with Crippen LogP contribution in [0.5, 0.6) is 0 Å². The quantitative estimate of drug-likeness (QED) is 0.600. The van der Waals surface area contributed by atoms with Gasteiger partial charge in [-0.25, -0.2) is 5.43 Å². The molecule has 1 aromatic heterocycles. The van der Waals surface area contributed by atoms with Crippen molar-refractivity contribution >= 4 is 0 Å². The first kappa shape index (κ1) is 12.5. The van der Waals surface area contributed by atoms with Crippen LogP contribution < -0.4 is 11.3 Å². The van der Waals surface area contributed by atoms with Gasteiger partial charge in [-0.1, -0.05) is 6.92 Å². The predicted octanol–water partition coefficient (Wildman–Crippen LogP) is 1.37. The first-order valence-corrected chi connectivity index (χ1v) is 6.39. The lowest BCUT2D eigenvalue weighted by molar-refractivity contribution is 0.0296. The lowest BCUT2D eigenvalue weighted by atomic mass is 10.0. The Morgan fingerprint density at radius 1 is 1.65 bits per heavy atom. The maximum absolute atomic E-state index is 5.89. The van der Waals surface area contributed by atoms with Crippen LogP contribution in [-0.2, 0) is 11.3 Å². The number of hydrazine groups is 1. The van der Waals surface area contributed by atoms with E-state index >= 15 is 0 Å². The molecule has 0 aliphatic carbocycles. The molecule has 2 rings (SSSR count). The average molecular weight is 238 g/mol. The van der Waals surface area contributed by atoms with Gasteiger partial charge in [0, 0.05) is 12.7 Å². The number of ether oxygens (including phenoxy) is 1. The molecule has 0 saturated carbocycles. The monoisotopic (exact) mass is 238 g/mol. The number of aromatic nitrogens is 2. The van der Waals surface area contributed by atoms with Gasteiger partial charge in [0.05, 0.1) is 23.9 Å². The molecule has 0 amide bonds. The number of nitrogens with one attached hydrogen (secondary N) is 1. The molecule has 0 bridgehead atoms. The topological polar surface area (TPSA) is 65.1 Å². The minimum Gasteiger partial charge on any atom is -0.373 e. The van der Waals surface area contributed by atoms with E-state index < -0.39 is 0 Å². The van der Waals surface area contributed by atoms with Crippen molar-refractivity contribution in [2.75, 3.05) is 0 Å². The lowest BCUT2D eigenvalue weighted by Crippen LogP contribution is -2.38. The van der Waals surface area contributed by atoms with Gasteiger partial charge in [0.25, 0.3) is 0 Å². The van der Waals surface area contributed by atoms with E-state index in [1.54, 1.807) is 0 Å². The van der Waals surface area contributed by atoms with Crippen LogP contribution >= 0.6 is 0 Å². The molecule has 0 radical (unpaired) electrons. The fourth-order valence-corrected chi connectivity index (χ4v) is 2.47. The van der Waals surface area contributed by atoms with Gasteiger partial charge in [-0.15, -0.1) is 0 Å². The van der Waals surface area contributed by atoms with E-state index in [4.69, 9.17) is 10.6 Å². The lowest BCUT2D eigenvalue weighted by Gasteiger charge is -2.23. The first-order chi connectivity index (χ1) is 8.26. The van der Waals surface area contributed by atoms with Gasteiger partial charge in [-0.3, -0.25) is 10.5 Å². The number of hydrogen-bond acceptors (Lipinski definition) is 4. The highest BCUT2D eigenvalue weighted by Gasteiger charge is 2.31. The van der Waals surface area contributed by atoms with E-state index in [9.17, 15) is 0 Å². The smallest absolute Gasteiger partial charge is 0.0890 e. The maximum Gasteiger partial charge on any atom is 0.0890 e. The zero-order chi connectivity index (χ0) is 12.3. The fraction of sp³-hybridized carbons (Fsp3) is 0.750. The SMILES string of the molecule is CCCn1nccc1C(NN)C1CCC(C)O1. The molecule has 2 heterocycles. The van der Waals surface area contributed by atoms with Crippen LogP contribution in [0.3, 0.4) is 0 Å². The summed E-state index contributed by atoms with van der Waals surface area (Å²) in [5.41, 5.74) is 4.00. The van der Waals surface area contributed by atoms with Crippen LogP contribution in [0.1, 0.15) is 44.8 Å². The van der Waals surface area contributed by atoms with Crippen molar-refractivity contribution in [1.82, 2.24) is 15.2 Å². The summed E-state index contributed by atoms with van der Waals surface area (Å²) in [7, 11) is 0. The van der Waals surface area contributed by atoms with Crippen molar-refractivity contribution in [3.8, 4) is 0 Å². The van der Waals surface area contributed by atoms with Crippen molar-refractivity contribution in [2.45, 2.75) is 57.9 Å². The normalized spacial score (nSPS) is 26.3. The Morgan fingerprint density at radius 2 is 2.47 bits per heavy atom. The van der Waals surface area contributed by atoms with Crippen LogP contribution in [-0.4, -0.2) is 22.0 Å². The standard InChI is InChI=1S/C12H22N4O/c1-3-8-16-10(6-7-14-16)12(15-13)11-5-4-9(2)17-11/h6-7,9,11-12,15H,3-5,8,13H2,1-2H3. The Hall–Kier alpha value is -0.910. The minimum absolute atomic E-state index is 0.0361. The van der Waals surface area contributed by atoms with Crippen LogP contribution in [0.25, 0.3) is 0 Å². The highest BCUT2D eigenvalue weighted by Crippen LogP contribution is 2.29. The Labute approximate surface area is 102 Å². The molecule has 17 heavy (non-hydrogen) atoms. The molecule has 5 heteroatoms. The van der Waals surface area contributed by atoms with Gasteiger partial charge in [-0.05, 0) is 32.3 Å². The average Bonchev–Trinajstić information content (AvgIpc) is 2.91. The molecule has 1 fully saturated rings. The van der Waals surface area contributed by atoms with E-state index in [2.05, 4.69) is 24.4 Å². The van der Waals surface area contributed by atoms with Crippen molar-refractivity contribution in [3.05, 3.63) is 18.0 Å². The number of aryl methyl sites for hydroxylation is 1. The van der Waals surface area contributed by atoms with Crippen LogP contribution in [0.2, 0.25) is 0 Å². The molecule has 0 aromatic carbocycles. The summed E-state index contributed by atoms with van der Waals surface area (Å²) in [6.45, 7) is 5.17. The molecular weight excluding hydrogens is 216 g/mol. The van der Waals surface area contributed by atoms with E-state index in [0.29, 0.717) is 6.10 Å². The predicted molar refractivity (Wildman–Crippen MR) is 66.2 cm³/mol. The Kier molecular flexibility index (Phi) is 4.15. The molecule has 1 aromatic rings. The van der Waals surface area contributed by atoms with Crippen molar-refractivity contribution in [1.29, 1.82) is 0 Å². The third-order valence-electron chi connectivity index (χ3n) is 3.32. The minimum atomic E-state index is 0.0361. The molecular formula is C12H22N4O.